The molecule has 1 N–H and O–H groups in total. The molecule has 0 aromatic carbocycles. The molecule has 106 valence electrons. The highest BCUT2D eigenvalue weighted by atomic mass is 32.2. The number of rotatable bonds is 7. The molecule has 0 aromatic rings. The summed E-state index contributed by atoms with van der Waals surface area (Å²) in [5, 5.41) is 3.25. The highest BCUT2D eigenvalue weighted by Gasteiger charge is 2.37. The van der Waals surface area contributed by atoms with Crippen LogP contribution in [0.2, 0.25) is 0 Å². The summed E-state index contributed by atoms with van der Waals surface area (Å²) >= 11 is 0. The molecule has 18 heavy (non-hydrogen) atoms. The maximum Gasteiger partial charge on any atom is 0.150 e. The molecule has 1 fully saturated rings. The number of ketones is 1. The van der Waals surface area contributed by atoms with Gasteiger partial charge in [0, 0.05) is 17.6 Å². The van der Waals surface area contributed by atoms with Crippen molar-refractivity contribution < 1.29 is 13.2 Å². The van der Waals surface area contributed by atoms with E-state index in [1.807, 2.05) is 13.8 Å². The van der Waals surface area contributed by atoms with Crippen molar-refractivity contribution in [2.24, 2.45) is 5.41 Å². The SMILES string of the molecule is CCCS(=O)(=O)CCC(=O)C1(CC)CCNCC1. The van der Waals surface area contributed by atoms with Crippen LogP contribution in [0.4, 0.5) is 0 Å². The largest absolute Gasteiger partial charge is 0.317 e. The van der Waals surface area contributed by atoms with E-state index in [9.17, 15) is 13.2 Å². The van der Waals surface area contributed by atoms with Crippen molar-refractivity contribution >= 4 is 15.6 Å². The number of Topliss-reactive ketones (excluding diaryl/α,β-unsaturated/α-hetero) is 1. The van der Waals surface area contributed by atoms with Crippen LogP contribution >= 0.6 is 0 Å². The van der Waals surface area contributed by atoms with Crippen molar-refractivity contribution in [3.05, 3.63) is 0 Å². The minimum atomic E-state index is -3.04. The van der Waals surface area contributed by atoms with E-state index in [2.05, 4.69) is 5.32 Å². The lowest BCUT2D eigenvalue weighted by molar-refractivity contribution is -0.130. The Morgan fingerprint density at radius 2 is 1.78 bits per heavy atom. The molecular formula is C13H25NO3S. The topological polar surface area (TPSA) is 63.2 Å². The average Bonchev–Trinajstić information content (AvgIpc) is 2.37. The molecule has 4 nitrogen and oxygen atoms in total. The molecular weight excluding hydrogens is 250 g/mol. The molecule has 0 aliphatic carbocycles. The smallest absolute Gasteiger partial charge is 0.150 e. The molecule has 0 saturated carbocycles. The van der Waals surface area contributed by atoms with Crippen LogP contribution in [0.1, 0.15) is 46.0 Å². The highest BCUT2D eigenvalue weighted by molar-refractivity contribution is 7.91. The van der Waals surface area contributed by atoms with Crippen molar-refractivity contribution in [3.8, 4) is 0 Å². The summed E-state index contributed by atoms with van der Waals surface area (Å²) in [6.45, 7) is 5.60. The van der Waals surface area contributed by atoms with Crippen molar-refractivity contribution in [1.29, 1.82) is 0 Å². The lowest BCUT2D eigenvalue weighted by Gasteiger charge is -2.35. The van der Waals surface area contributed by atoms with Crippen LogP contribution in [-0.4, -0.2) is 38.8 Å². The number of carbonyl (C=O) groups is 1. The van der Waals surface area contributed by atoms with Crippen LogP contribution < -0.4 is 5.32 Å². The molecule has 0 unspecified atom stereocenters. The van der Waals surface area contributed by atoms with Crippen LogP contribution in [0.3, 0.4) is 0 Å². The second-order valence-electron chi connectivity index (χ2n) is 5.21. The summed E-state index contributed by atoms with van der Waals surface area (Å²) in [7, 11) is -3.04. The van der Waals surface area contributed by atoms with Gasteiger partial charge >= 0.3 is 0 Å². The monoisotopic (exact) mass is 275 g/mol. The molecule has 0 amide bonds. The van der Waals surface area contributed by atoms with Crippen molar-refractivity contribution in [2.75, 3.05) is 24.6 Å². The molecule has 1 aliphatic heterocycles. The molecule has 0 aromatic heterocycles. The van der Waals surface area contributed by atoms with E-state index in [0.29, 0.717) is 6.42 Å². The lowest BCUT2D eigenvalue weighted by Crippen LogP contribution is -2.42. The average molecular weight is 275 g/mol. The summed E-state index contributed by atoms with van der Waals surface area (Å²) in [5.74, 6) is 0.363. The van der Waals surface area contributed by atoms with E-state index in [0.717, 1.165) is 32.4 Å². The number of nitrogens with one attached hydrogen (secondary N) is 1. The Hall–Kier alpha value is -0.420. The third-order valence-electron chi connectivity index (χ3n) is 3.98. The predicted octanol–water partition coefficient (Wildman–Crippen LogP) is 1.55. The Morgan fingerprint density at radius 1 is 1.17 bits per heavy atom. The predicted molar refractivity (Wildman–Crippen MR) is 73.4 cm³/mol. The van der Waals surface area contributed by atoms with Crippen LogP contribution in [0.15, 0.2) is 0 Å². The van der Waals surface area contributed by atoms with E-state index in [4.69, 9.17) is 0 Å². The summed E-state index contributed by atoms with van der Waals surface area (Å²) in [6, 6.07) is 0. The van der Waals surface area contributed by atoms with Gasteiger partial charge in [-0.3, -0.25) is 4.79 Å². The Bertz CT molecular complexity index is 370. The van der Waals surface area contributed by atoms with Gasteiger partial charge in [-0.25, -0.2) is 8.42 Å². The maximum atomic E-state index is 12.3. The molecule has 1 heterocycles. The number of carbonyl (C=O) groups excluding carboxylic acids is 1. The van der Waals surface area contributed by atoms with E-state index in [-0.39, 0.29) is 29.1 Å². The van der Waals surface area contributed by atoms with Gasteiger partial charge in [0.25, 0.3) is 0 Å². The number of hydrogen-bond donors (Lipinski definition) is 1. The standard InChI is InChI=1S/C13H25NO3S/c1-3-10-18(16,17)11-5-12(15)13(4-2)6-8-14-9-7-13/h14H,3-11H2,1-2H3. The first-order chi connectivity index (χ1) is 8.46. The minimum Gasteiger partial charge on any atom is -0.317 e. The second-order valence-corrected chi connectivity index (χ2v) is 7.51. The summed E-state index contributed by atoms with van der Waals surface area (Å²) < 4.78 is 23.3. The van der Waals surface area contributed by atoms with Crippen LogP contribution in [0, 0.1) is 5.41 Å². The fourth-order valence-electron chi connectivity index (χ4n) is 2.66. The molecule has 5 heteroatoms. The van der Waals surface area contributed by atoms with E-state index in [1.54, 1.807) is 0 Å². The zero-order valence-corrected chi connectivity index (χ0v) is 12.3. The fraction of sp³-hybridized carbons (Fsp3) is 0.923. The first-order valence-corrected chi connectivity index (χ1v) is 8.72. The molecule has 0 radical (unpaired) electrons. The Labute approximate surface area is 110 Å². The zero-order valence-electron chi connectivity index (χ0n) is 11.5. The first-order valence-electron chi connectivity index (χ1n) is 6.90. The summed E-state index contributed by atoms with van der Waals surface area (Å²) in [4.78, 5) is 12.3. The van der Waals surface area contributed by atoms with Crippen LogP contribution in [0.5, 0.6) is 0 Å². The van der Waals surface area contributed by atoms with E-state index in [1.165, 1.54) is 0 Å². The third-order valence-corrected chi connectivity index (χ3v) is 5.84. The number of sulfone groups is 1. The van der Waals surface area contributed by atoms with Crippen molar-refractivity contribution in [3.63, 3.8) is 0 Å². The molecule has 0 bridgehead atoms. The normalized spacial score (nSPS) is 19.7. The Morgan fingerprint density at radius 3 is 2.28 bits per heavy atom. The molecule has 1 rings (SSSR count). The summed E-state index contributed by atoms with van der Waals surface area (Å²) in [6.07, 6.45) is 3.32. The van der Waals surface area contributed by atoms with Crippen molar-refractivity contribution in [2.45, 2.75) is 46.0 Å². The van der Waals surface area contributed by atoms with Gasteiger partial charge < -0.3 is 5.32 Å². The Kier molecular flexibility index (Phi) is 5.79. The van der Waals surface area contributed by atoms with E-state index >= 15 is 0 Å². The van der Waals surface area contributed by atoms with Crippen LogP contribution in [-0.2, 0) is 14.6 Å². The Balaban J connectivity index is 2.58. The molecule has 1 aliphatic rings. The van der Waals surface area contributed by atoms with Crippen molar-refractivity contribution in [1.82, 2.24) is 5.32 Å². The van der Waals surface area contributed by atoms with Gasteiger partial charge in [0.05, 0.1) is 5.75 Å². The maximum absolute atomic E-state index is 12.3. The lowest BCUT2D eigenvalue weighted by atomic mass is 9.72. The number of hydrogen-bond acceptors (Lipinski definition) is 4. The molecule has 0 spiro atoms. The van der Waals surface area contributed by atoms with Gasteiger partial charge in [-0.2, -0.15) is 0 Å². The van der Waals surface area contributed by atoms with Gasteiger partial charge in [-0.15, -0.1) is 0 Å². The number of piperidine rings is 1. The van der Waals surface area contributed by atoms with Crippen LogP contribution in [0.25, 0.3) is 0 Å². The molecule has 0 atom stereocenters. The summed E-state index contributed by atoms with van der Waals surface area (Å²) in [5.41, 5.74) is -0.271. The van der Waals surface area contributed by atoms with E-state index < -0.39 is 9.84 Å². The third kappa shape index (κ3) is 4.05. The fourth-order valence-corrected chi connectivity index (χ4v) is 3.98. The van der Waals surface area contributed by atoms with Gasteiger partial charge in [-0.05, 0) is 38.8 Å². The van der Waals surface area contributed by atoms with Gasteiger partial charge in [0.15, 0.2) is 9.84 Å². The van der Waals surface area contributed by atoms with Gasteiger partial charge in [0.1, 0.15) is 5.78 Å². The highest BCUT2D eigenvalue weighted by Crippen LogP contribution is 2.34. The van der Waals surface area contributed by atoms with Gasteiger partial charge in [0.2, 0.25) is 0 Å². The quantitative estimate of drug-likeness (QED) is 0.765. The zero-order chi connectivity index (χ0) is 13.6. The first kappa shape index (κ1) is 15.6. The second kappa shape index (κ2) is 6.66. The molecule has 1 saturated heterocycles. The minimum absolute atomic E-state index is 0.0227. The van der Waals surface area contributed by atoms with Gasteiger partial charge in [-0.1, -0.05) is 13.8 Å².